The maximum absolute atomic E-state index is 12.4. The van der Waals surface area contributed by atoms with E-state index in [2.05, 4.69) is 6.07 Å². The van der Waals surface area contributed by atoms with Crippen molar-refractivity contribution in [2.24, 2.45) is 0 Å². The molecule has 0 spiro atoms. The van der Waals surface area contributed by atoms with Crippen molar-refractivity contribution in [3.63, 3.8) is 0 Å². The molecule has 5 heteroatoms. The highest BCUT2D eigenvalue weighted by Crippen LogP contribution is 2.27. The Hall–Kier alpha value is -1.38. The van der Waals surface area contributed by atoms with Crippen LogP contribution in [0.15, 0.2) is 29.2 Å². The molecule has 1 aliphatic heterocycles. The van der Waals surface area contributed by atoms with Gasteiger partial charge in [-0.1, -0.05) is 17.7 Å². The Bertz CT molecular complexity index is 558. The van der Waals surface area contributed by atoms with Crippen LogP contribution in [0.25, 0.3) is 0 Å². The zero-order valence-electron chi connectivity index (χ0n) is 10.3. The summed E-state index contributed by atoms with van der Waals surface area (Å²) in [4.78, 5) is 0.318. The van der Waals surface area contributed by atoms with Crippen LogP contribution in [0.3, 0.4) is 0 Å². The van der Waals surface area contributed by atoms with E-state index in [1.807, 2.05) is 6.92 Å². The second kappa shape index (κ2) is 5.09. The van der Waals surface area contributed by atoms with Crippen molar-refractivity contribution in [3.05, 3.63) is 29.8 Å². The monoisotopic (exact) mass is 264 g/mol. The molecule has 0 aliphatic carbocycles. The van der Waals surface area contributed by atoms with Crippen LogP contribution in [0, 0.1) is 18.3 Å². The SMILES string of the molecule is Cc1ccc(S(=O)(=O)N2CCCC2CC#N)cc1. The zero-order valence-corrected chi connectivity index (χ0v) is 11.2. The lowest BCUT2D eigenvalue weighted by atomic mass is 10.2. The standard InChI is InChI=1S/C13H16N2O2S/c1-11-4-6-13(7-5-11)18(16,17)15-10-2-3-12(15)8-9-14/h4-7,12H,2-3,8,10H2,1H3. The Labute approximate surface area is 108 Å². The van der Waals surface area contributed by atoms with Gasteiger partial charge in [-0.3, -0.25) is 0 Å². The fourth-order valence-corrected chi connectivity index (χ4v) is 3.97. The smallest absolute Gasteiger partial charge is 0.207 e. The first-order valence-electron chi connectivity index (χ1n) is 6.01. The third kappa shape index (κ3) is 2.40. The van der Waals surface area contributed by atoms with Crippen LogP contribution >= 0.6 is 0 Å². The van der Waals surface area contributed by atoms with Gasteiger partial charge in [0.15, 0.2) is 0 Å². The van der Waals surface area contributed by atoms with Gasteiger partial charge in [0, 0.05) is 12.6 Å². The Balaban J connectivity index is 2.31. The average Bonchev–Trinajstić information content (AvgIpc) is 2.79. The van der Waals surface area contributed by atoms with Crippen molar-refractivity contribution in [3.8, 4) is 6.07 Å². The predicted molar refractivity (Wildman–Crippen MR) is 68.3 cm³/mol. The molecule has 1 atom stereocenters. The molecular formula is C13H16N2O2S. The summed E-state index contributed by atoms with van der Waals surface area (Å²) >= 11 is 0. The van der Waals surface area contributed by atoms with Crippen LogP contribution in [0.2, 0.25) is 0 Å². The largest absolute Gasteiger partial charge is 0.243 e. The van der Waals surface area contributed by atoms with Crippen molar-refractivity contribution in [2.75, 3.05) is 6.54 Å². The van der Waals surface area contributed by atoms with Gasteiger partial charge in [0.25, 0.3) is 0 Å². The highest BCUT2D eigenvalue weighted by atomic mass is 32.2. The second-order valence-electron chi connectivity index (χ2n) is 4.59. The molecule has 1 saturated heterocycles. The van der Waals surface area contributed by atoms with E-state index in [9.17, 15) is 8.42 Å². The fraction of sp³-hybridized carbons (Fsp3) is 0.462. The topological polar surface area (TPSA) is 61.2 Å². The summed E-state index contributed by atoms with van der Waals surface area (Å²) in [7, 11) is -3.44. The molecule has 1 heterocycles. The Morgan fingerprint density at radius 2 is 2.06 bits per heavy atom. The molecule has 0 N–H and O–H groups in total. The van der Waals surface area contributed by atoms with Gasteiger partial charge in [-0.25, -0.2) is 8.42 Å². The van der Waals surface area contributed by atoms with Crippen molar-refractivity contribution in [2.45, 2.75) is 37.1 Å². The summed E-state index contributed by atoms with van der Waals surface area (Å²) in [5.41, 5.74) is 1.03. The molecule has 0 bridgehead atoms. The molecule has 2 rings (SSSR count). The Morgan fingerprint density at radius 1 is 1.39 bits per heavy atom. The zero-order chi connectivity index (χ0) is 13.2. The molecule has 0 radical (unpaired) electrons. The van der Waals surface area contributed by atoms with Gasteiger partial charge in [-0.2, -0.15) is 9.57 Å². The van der Waals surface area contributed by atoms with Crippen molar-refractivity contribution < 1.29 is 8.42 Å². The van der Waals surface area contributed by atoms with Gasteiger partial charge in [0.1, 0.15) is 0 Å². The molecule has 0 aromatic heterocycles. The van der Waals surface area contributed by atoms with Crippen LogP contribution in [-0.2, 0) is 10.0 Å². The first kappa shape index (κ1) is 13.1. The minimum Gasteiger partial charge on any atom is -0.207 e. The number of hydrogen-bond acceptors (Lipinski definition) is 3. The molecule has 18 heavy (non-hydrogen) atoms. The molecule has 0 saturated carbocycles. The molecule has 96 valence electrons. The maximum atomic E-state index is 12.4. The number of nitriles is 1. The first-order chi connectivity index (χ1) is 8.55. The van der Waals surface area contributed by atoms with E-state index in [4.69, 9.17) is 5.26 Å². The van der Waals surface area contributed by atoms with Gasteiger partial charge >= 0.3 is 0 Å². The lowest BCUT2D eigenvalue weighted by Crippen LogP contribution is -2.35. The van der Waals surface area contributed by atoms with Crippen LogP contribution in [-0.4, -0.2) is 25.3 Å². The lowest BCUT2D eigenvalue weighted by molar-refractivity contribution is 0.391. The molecule has 4 nitrogen and oxygen atoms in total. The summed E-state index contributed by atoms with van der Waals surface area (Å²) in [5, 5.41) is 8.75. The minimum absolute atomic E-state index is 0.165. The molecule has 1 aromatic rings. The van der Waals surface area contributed by atoms with E-state index < -0.39 is 10.0 Å². The third-order valence-electron chi connectivity index (χ3n) is 3.28. The average molecular weight is 264 g/mol. The van der Waals surface area contributed by atoms with Crippen molar-refractivity contribution in [1.82, 2.24) is 4.31 Å². The van der Waals surface area contributed by atoms with Crippen molar-refractivity contribution >= 4 is 10.0 Å². The van der Waals surface area contributed by atoms with Crippen LogP contribution in [0.4, 0.5) is 0 Å². The van der Waals surface area contributed by atoms with Gasteiger partial charge in [-0.15, -0.1) is 0 Å². The number of nitrogens with zero attached hydrogens (tertiary/aromatic N) is 2. The summed E-state index contributed by atoms with van der Waals surface area (Å²) in [6.45, 7) is 2.44. The summed E-state index contributed by atoms with van der Waals surface area (Å²) in [6, 6.07) is 8.75. The Kier molecular flexibility index (Phi) is 3.69. The Morgan fingerprint density at radius 3 is 2.67 bits per heavy atom. The molecule has 1 fully saturated rings. The van der Waals surface area contributed by atoms with Gasteiger partial charge in [0.05, 0.1) is 17.4 Å². The summed E-state index contributed by atoms with van der Waals surface area (Å²) in [6.07, 6.45) is 1.88. The molecule has 1 aromatic carbocycles. The highest BCUT2D eigenvalue weighted by Gasteiger charge is 2.34. The number of rotatable bonds is 3. The predicted octanol–water partition coefficient (Wildman–Crippen LogP) is 2.06. The lowest BCUT2D eigenvalue weighted by Gasteiger charge is -2.22. The van der Waals surface area contributed by atoms with Crippen LogP contribution in [0.1, 0.15) is 24.8 Å². The quantitative estimate of drug-likeness (QED) is 0.839. The van der Waals surface area contributed by atoms with E-state index in [0.717, 1.165) is 18.4 Å². The van der Waals surface area contributed by atoms with Crippen LogP contribution in [0.5, 0.6) is 0 Å². The minimum atomic E-state index is -3.44. The van der Waals surface area contributed by atoms with E-state index >= 15 is 0 Å². The molecule has 1 unspecified atom stereocenters. The normalized spacial score (nSPS) is 20.8. The van der Waals surface area contributed by atoms with E-state index in [1.54, 1.807) is 24.3 Å². The summed E-state index contributed by atoms with van der Waals surface area (Å²) < 4.78 is 26.4. The highest BCUT2D eigenvalue weighted by molar-refractivity contribution is 7.89. The maximum Gasteiger partial charge on any atom is 0.243 e. The van der Waals surface area contributed by atoms with Gasteiger partial charge in [0.2, 0.25) is 10.0 Å². The number of benzene rings is 1. The molecule has 0 amide bonds. The van der Waals surface area contributed by atoms with Gasteiger partial charge in [-0.05, 0) is 31.9 Å². The fourth-order valence-electron chi connectivity index (χ4n) is 2.28. The first-order valence-corrected chi connectivity index (χ1v) is 7.45. The number of aryl methyl sites for hydroxylation is 1. The number of hydrogen-bond donors (Lipinski definition) is 0. The van der Waals surface area contributed by atoms with E-state index in [-0.39, 0.29) is 12.5 Å². The van der Waals surface area contributed by atoms with Crippen molar-refractivity contribution in [1.29, 1.82) is 5.26 Å². The van der Waals surface area contributed by atoms with E-state index in [0.29, 0.717) is 11.4 Å². The van der Waals surface area contributed by atoms with Crippen LogP contribution < -0.4 is 0 Å². The third-order valence-corrected chi connectivity index (χ3v) is 5.24. The van der Waals surface area contributed by atoms with E-state index in [1.165, 1.54) is 4.31 Å². The molecule has 1 aliphatic rings. The second-order valence-corrected chi connectivity index (χ2v) is 6.48. The summed E-state index contributed by atoms with van der Waals surface area (Å²) in [5.74, 6) is 0. The van der Waals surface area contributed by atoms with Gasteiger partial charge < -0.3 is 0 Å². The molecular weight excluding hydrogens is 248 g/mol. The number of sulfonamides is 1.